The molecule has 3 nitrogen and oxygen atoms in total. The molecule has 0 radical (unpaired) electrons. The van der Waals surface area contributed by atoms with Crippen molar-refractivity contribution in [3.05, 3.63) is 16.9 Å². The zero-order valence-electron chi connectivity index (χ0n) is 8.95. The van der Waals surface area contributed by atoms with Gasteiger partial charge in [0.1, 0.15) is 0 Å². The van der Waals surface area contributed by atoms with Crippen molar-refractivity contribution in [1.82, 2.24) is 15.1 Å². The Hall–Kier alpha value is -0.350. The van der Waals surface area contributed by atoms with Gasteiger partial charge in [0.25, 0.3) is 0 Å². The molecule has 1 fully saturated rings. The van der Waals surface area contributed by atoms with Crippen molar-refractivity contribution in [2.75, 3.05) is 6.54 Å². The third kappa shape index (κ3) is 3.61. The number of nitrogens with zero attached hydrogens (tertiary/aromatic N) is 2. The summed E-state index contributed by atoms with van der Waals surface area (Å²) in [5.41, 5.74) is 0. The Morgan fingerprint density at radius 1 is 1.47 bits per heavy atom. The first-order valence-corrected chi connectivity index (χ1v) is 6.55. The van der Waals surface area contributed by atoms with Crippen molar-refractivity contribution in [3.63, 3.8) is 0 Å². The smallest absolute Gasteiger partial charge is 0.0632 e. The van der Waals surface area contributed by atoms with Crippen LogP contribution in [0.2, 0.25) is 0 Å². The van der Waals surface area contributed by atoms with Gasteiger partial charge in [-0.15, -0.1) is 0 Å². The van der Waals surface area contributed by atoms with Crippen LogP contribution in [0.1, 0.15) is 32.1 Å². The average molecular weight is 272 g/mol. The van der Waals surface area contributed by atoms with E-state index in [2.05, 4.69) is 26.3 Å². The Morgan fingerprint density at radius 2 is 2.27 bits per heavy atom. The van der Waals surface area contributed by atoms with Crippen molar-refractivity contribution >= 4 is 15.9 Å². The molecular weight excluding hydrogens is 254 g/mol. The van der Waals surface area contributed by atoms with E-state index >= 15 is 0 Å². The van der Waals surface area contributed by atoms with E-state index in [0.717, 1.165) is 30.0 Å². The van der Waals surface area contributed by atoms with Crippen LogP contribution in [0.4, 0.5) is 0 Å². The van der Waals surface area contributed by atoms with Crippen molar-refractivity contribution in [2.24, 2.45) is 0 Å². The molecule has 15 heavy (non-hydrogen) atoms. The Balaban J connectivity index is 1.58. The summed E-state index contributed by atoms with van der Waals surface area (Å²) in [6.45, 7) is 2.12. The van der Waals surface area contributed by atoms with Gasteiger partial charge < -0.3 is 5.32 Å². The standard InChI is InChI=1S/C11H18BrN3/c12-10-8-14-15(9-10)7-3-6-13-11-4-1-2-5-11/h8-9,11,13H,1-7H2. The van der Waals surface area contributed by atoms with Crippen LogP contribution in [-0.2, 0) is 6.54 Å². The Bertz CT molecular complexity index is 292. The minimum atomic E-state index is 0.786. The summed E-state index contributed by atoms with van der Waals surface area (Å²) >= 11 is 3.40. The predicted molar refractivity (Wildman–Crippen MR) is 64.8 cm³/mol. The van der Waals surface area contributed by atoms with Crippen molar-refractivity contribution in [2.45, 2.75) is 44.7 Å². The minimum Gasteiger partial charge on any atom is -0.314 e. The van der Waals surface area contributed by atoms with Gasteiger partial charge in [-0.25, -0.2) is 0 Å². The normalized spacial score (nSPS) is 17.4. The highest BCUT2D eigenvalue weighted by molar-refractivity contribution is 9.10. The summed E-state index contributed by atoms with van der Waals surface area (Å²) in [6, 6.07) is 0.786. The minimum absolute atomic E-state index is 0.786. The van der Waals surface area contributed by atoms with E-state index in [0.29, 0.717) is 0 Å². The zero-order chi connectivity index (χ0) is 10.5. The van der Waals surface area contributed by atoms with E-state index < -0.39 is 0 Å². The first-order chi connectivity index (χ1) is 7.34. The lowest BCUT2D eigenvalue weighted by Crippen LogP contribution is -2.27. The summed E-state index contributed by atoms with van der Waals surface area (Å²) in [5, 5.41) is 7.83. The van der Waals surface area contributed by atoms with Crippen molar-refractivity contribution in [3.8, 4) is 0 Å². The first kappa shape index (κ1) is 11.1. The molecule has 0 atom stereocenters. The second-order valence-corrected chi connectivity index (χ2v) is 5.13. The average Bonchev–Trinajstić information content (AvgIpc) is 2.84. The van der Waals surface area contributed by atoms with E-state index in [1.807, 2.05) is 17.1 Å². The molecule has 1 aromatic rings. The van der Waals surface area contributed by atoms with Gasteiger partial charge in [0.15, 0.2) is 0 Å². The molecule has 0 spiro atoms. The maximum atomic E-state index is 4.23. The maximum Gasteiger partial charge on any atom is 0.0632 e. The molecule has 4 heteroatoms. The van der Waals surface area contributed by atoms with Gasteiger partial charge in [-0.05, 0) is 41.7 Å². The van der Waals surface area contributed by atoms with Gasteiger partial charge in [-0.1, -0.05) is 12.8 Å². The third-order valence-corrected chi connectivity index (χ3v) is 3.36. The van der Waals surface area contributed by atoms with Crippen LogP contribution in [0, 0.1) is 0 Å². The number of nitrogens with one attached hydrogen (secondary N) is 1. The third-order valence-electron chi connectivity index (χ3n) is 2.95. The van der Waals surface area contributed by atoms with Gasteiger partial charge in [-0.2, -0.15) is 5.10 Å². The molecule has 0 saturated heterocycles. The van der Waals surface area contributed by atoms with Crippen LogP contribution < -0.4 is 5.32 Å². The monoisotopic (exact) mass is 271 g/mol. The van der Waals surface area contributed by atoms with Crippen LogP contribution >= 0.6 is 15.9 Å². The number of halogens is 1. The molecule has 84 valence electrons. The SMILES string of the molecule is Brc1cnn(CCCNC2CCCC2)c1. The van der Waals surface area contributed by atoms with Crippen LogP contribution in [0.25, 0.3) is 0 Å². The number of aromatic nitrogens is 2. The lowest BCUT2D eigenvalue weighted by atomic mass is 10.2. The molecule has 1 aliphatic carbocycles. The summed E-state index contributed by atoms with van der Waals surface area (Å²) in [4.78, 5) is 0. The molecule has 1 aromatic heterocycles. The van der Waals surface area contributed by atoms with E-state index in [9.17, 15) is 0 Å². The number of hydrogen-bond donors (Lipinski definition) is 1. The second kappa shape index (κ2) is 5.66. The molecule has 0 aromatic carbocycles. The molecular formula is C11H18BrN3. The summed E-state index contributed by atoms with van der Waals surface area (Å²) < 4.78 is 3.05. The van der Waals surface area contributed by atoms with E-state index in [-0.39, 0.29) is 0 Å². The van der Waals surface area contributed by atoms with Gasteiger partial charge in [0.2, 0.25) is 0 Å². The lowest BCUT2D eigenvalue weighted by Gasteiger charge is -2.11. The molecule has 0 bridgehead atoms. The zero-order valence-corrected chi connectivity index (χ0v) is 10.5. The number of rotatable bonds is 5. The van der Waals surface area contributed by atoms with E-state index in [1.165, 1.54) is 25.7 Å². The Morgan fingerprint density at radius 3 is 2.93 bits per heavy atom. The molecule has 1 heterocycles. The quantitative estimate of drug-likeness (QED) is 0.835. The van der Waals surface area contributed by atoms with Gasteiger partial charge >= 0.3 is 0 Å². The number of hydrogen-bond acceptors (Lipinski definition) is 2. The summed E-state index contributed by atoms with van der Waals surface area (Å²) in [5.74, 6) is 0. The molecule has 0 aliphatic heterocycles. The highest BCUT2D eigenvalue weighted by atomic mass is 79.9. The fraction of sp³-hybridized carbons (Fsp3) is 0.727. The lowest BCUT2D eigenvalue weighted by molar-refractivity contribution is 0.483. The highest BCUT2D eigenvalue weighted by Crippen LogP contribution is 2.17. The van der Waals surface area contributed by atoms with Crippen LogP contribution in [0.3, 0.4) is 0 Å². The fourth-order valence-corrected chi connectivity index (χ4v) is 2.47. The molecule has 2 rings (SSSR count). The molecule has 0 amide bonds. The molecule has 1 N–H and O–H groups in total. The fourth-order valence-electron chi connectivity index (χ4n) is 2.14. The van der Waals surface area contributed by atoms with Gasteiger partial charge in [0.05, 0.1) is 10.7 Å². The van der Waals surface area contributed by atoms with Gasteiger partial charge in [0, 0.05) is 18.8 Å². The molecule has 1 saturated carbocycles. The van der Waals surface area contributed by atoms with Gasteiger partial charge in [-0.3, -0.25) is 4.68 Å². The highest BCUT2D eigenvalue weighted by Gasteiger charge is 2.13. The molecule has 1 aliphatic rings. The van der Waals surface area contributed by atoms with Crippen molar-refractivity contribution in [1.29, 1.82) is 0 Å². The predicted octanol–water partition coefficient (Wildman–Crippen LogP) is 2.57. The Kier molecular flexibility index (Phi) is 4.20. The second-order valence-electron chi connectivity index (χ2n) is 4.21. The van der Waals surface area contributed by atoms with E-state index in [4.69, 9.17) is 0 Å². The summed E-state index contributed by atoms with van der Waals surface area (Å²) in [6.07, 6.45) is 10.6. The first-order valence-electron chi connectivity index (χ1n) is 5.76. The van der Waals surface area contributed by atoms with Crippen LogP contribution in [0.5, 0.6) is 0 Å². The van der Waals surface area contributed by atoms with Crippen molar-refractivity contribution < 1.29 is 0 Å². The van der Waals surface area contributed by atoms with Crippen LogP contribution in [0.15, 0.2) is 16.9 Å². The largest absolute Gasteiger partial charge is 0.314 e. The number of aryl methyl sites for hydroxylation is 1. The maximum absolute atomic E-state index is 4.23. The molecule has 0 unspecified atom stereocenters. The Labute approximate surface area is 99.4 Å². The van der Waals surface area contributed by atoms with E-state index in [1.54, 1.807) is 0 Å². The topological polar surface area (TPSA) is 29.9 Å². The van der Waals surface area contributed by atoms with Crippen LogP contribution in [-0.4, -0.2) is 22.4 Å². The summed E-state index contributed by atoms with van der Waals surface area (Å²) in [7, 11) is 0.